The molecule has 0 saturated heterocycles. The molecule has 0 unspecified atom stereocenters. The van der Waals surface area contributed by atoms with Crippen LogP contribution >= 0.6 is 24.0 Å². The summed E-state index contributed by atoms with van der Waals surface area (Å²) >= 11 is 0. The molecule has 0 radical (unpaired) electrons. The fraction of sp³-hybridized carbons (Fsp3) is 0.462. The lowest BCUT2D eigenvalue weighted by Crippen LogP contribution is -2.36. The summed E-state index contributed by atoms with van der Waals surface area (Å²) in [7, 11) is 1.66. The predicted octanol–water partition coefficient (Wildman–Crippen LogP) is 2.43. The molecule has 4 nitrogen and oxygen atoms in total. The van der Waals surface area contributed by atoms with E-state index in [4.69, 9.17) is 10.5 Å². The Labute approximate surface area is 126 Å². The summed E-state index contributed by atoms with van der Waals surface area (Å²) < 4.78 is 5.31. The van der Waals surface area contributed by atoms with Crippen LogP contribution in [-0.4, -0.2) is 19.1 Å². The highest BCUT2D eigenvalue weighted by Gasteiger charge is 2.02. The van der Waals surface area contributed by atoms with E-state index < -0.39 is 0 Å². The van der Waals surface area contributed by atoms with Crippen molar-refractivity contribution >= 4 is 29.9 Å². The number of nitrogens with one attached hydrogen (secondary N) is 1. The number of methoxy groups -OCH3 is 1. The predicted molar refractivity (Wildman–Crippen MR) is 86.7 cm³/mol. The van der Waals surface area contributed by atoms with Gasteiger partial charge in [-0.2, -0.15) is 0 Å². The molecule has 0 aliphatic rings. The van der Waals surface area contributed by atoms with E-state index in [9.17, 15) is 0 Å². The van der Waals surface area contributed by atoms with Crippen molar-refractivity contribution in [2.24, 2.45) is 10.7 Å². The summed E-state index contributed by atoms with van der Waals surface area (Å²) in [5, 5.41) is 3.05. The topological polar surface area (TPSA) is 59.6 Å². The van der Waals surface area contributed by atoms with E-state index in [1.165, 1.54) is 5.56 Å². The molecule has 0 saturated carbocycles. The smallest absolute Gasteiger partial charge is 0.189 e. The van der Waals surface area contributed by atoms with Gasteiger partial charge in [0.25, 0.3) is 0 Å². The quantitative estimate of drug-likeness (QED) is 0.491. The maximum absolute atomic E-state index is 5.74. The molecule has 1 aromatic rings. The van der Waals surface area contributed by atoms with E-state index in [0.717, 1.165) is 11.3 Å². The SMILES string of the molecule is COc1cc(C)ccc1CN=C(N)NC(C)C.I. The monoisotopic (exact) mass is 363 g/mol. The highest BCUT2D eigenvalue weighted by Crippen LogP contribution is 2.20. The minimum atomic E-state index is 0. The molecule has 0 atom stereocenters. The van der Waals surface area contributed by atoms with E-state index >= 15 is 0 Å². The van der Waals surface area contributed by atoms with Crippen molar-refractivity contribution in [2.75, 3.05) is 7.11 Å². The first-order chi connectivity index (χ1) is 8.02. The van der Waals surface area contributed by atoms with Gasteiger partial charge in [-0.1, -0.05) is 12.1 Å². The highest BCUT2D eigenvalue weighted by atomic mass is 127. The normalized spacial score (nSPS) is 11.1. The number of nitrogens with two attached hydrogens (primary N) is 1. The molecule has 0 fully saturated rings. The molecule has 0 aromatic heterocycles. The largest absolute Gasteiger partial charge is 0.496 e. The summed E-state index contributed by atoms with van der Waals surface area (Å²) in [6.45, 7) is 6.60. The standard InChI is InChI=1S/C13H21N3O.HI/c1-9(2)16-13(14)15-8-11-6-5-10(3)7-12(11)17-4;/h5-7,9H,8H2,1-4H3,(H3,14,15,16);1H. The summed E-state index contributed by atoms with van der Waals surface area (Å²) in [5.41, 5.74) is 7.95. The summed E-state index contributed by atoms with van der Waals surface area (Å²) in [6.07, 6.45) is 0. The van der Waals surface area contributed by atoms with Crippen LogP contribution in [0.5, 0.6) is 5.75 Å². The molecular weight excluding hydrogens is 341 g/mol. The van der Waals surface area contributed by atoms with Crippen LogP contribution in [0.25, 0.3) is 0 Å². The Morgan fingerprint density at radius 1 is 1.44 bits per heavy atom. The van der Waals surface area contributed by atoms with Gasteiger partial charge in [0.15, 0.2) is 5.96 Å². The molecule has 102 valence electrons. The lowest BCUT2D eigenvalue weighted by atomic mass is 10.1. The van der Waals surface area contributed by atoms with Crippen molar-refractivity contribution in [3.63, 3.8) is 0 Å². The van der Waals surface area contributed by atoms with Crippen LogP contribution in [0.3, 0.4) is 0 Å². The lowest BCUT2D eigenvalue weighted by molar-refractivity contribution is 0.409. The van der Waals surface area contributed by atoms with Crippen molar-refractivity contribution in [3.05, 3.63) is 29.3 Å². The van der Waals surface area contributed by atoms with Gasteiger partial charge in [-0.3, -0.25) is 0 Å². The van der Waals surface area contributed by atoms with Crippen LogP contribution in [0, 0.1) is 6.92 Å². The average molecular weight is 363 g/mol. The van der Waals surface area contributed by atoms with Gasteiger partial charge in [0, 0.05) is 11.6 Å². The summed E-state index contributed by atoms with van der Waals surface area (Å²) in [5.74, 6) is 1.31. The Bertz CT molecular complexity index is 405. The van der Waals surface area contributed by atoms with Crippen molar-refractivity contribution in [1.29, 1.82) is 0 Å². The second-order valence-electron chi connectivity index (χ2n) is 4.32. The third kappa shape index (κ3) is 5.57. The Kier molecular flexibility index (Phi) is 7.73. The van der Waals surface area contributed by atoms with Crippen LogP contribution in [0.2, 0.25) is 0 Å². The maximum atomic E-state index is 5.74. The van der Waals surface area contributed by atoms with Crippen molar-refractivity contribution in [1.82, 2.24) is 5.32 Å². The zero-order chi connectivity index (χ0) is 12.8. The van der Waals surface area contributed by atoms with E-state index in [1.54, 1.807) is 7.11 Å². The van der Waals surface area contributed by atoms with Gasteiger partial charge in [-0.25, -0.2) is 4.99 Å². The van der Waals surface area contributed by atoms with Crippen molar-refractivity contribution in [3.8, 4) is 5.75 Å². The molecule has 1 rings (SSSR count). The molecule has 0 spiro atoms. The number of nitrogens with zero attached hydrogens (tertiary/aromatic N) is 1. The molecule has 0 aliphatic heterocycles. The van der Waals surface area contributed by atoms with Gasteiger partial charge in [0.1, 0.15) is 5.75 Å². The second kappa shape index (κ2) is 8.18. The third-order valence-electron chi connectivity index (χ3n) is 2.30. The molecule has 0 bridgehead atoms. The zero-order valence-corrected chi connectivity index (χ0v) is 13.7. The minimum Gasteiger partial charge on any atom is -0.496 e. The van der Waals surface area contributed by atoms with Gasteiger partial charge < -0.3 is 15.8 Å². The molecule has 18 heavy (non-hydrogen) atoms. The van der Waals surface area contributed by atoms with Gasteiger partial charge in [-0.15, -0.1) is 24.0 Å². The minimum absolute atomic E-state index is 0. The van der Waals surface area contributed by atoms with Gasteiger partial charge in [-0.05, 0) is 32.4 Å². The molecule has 3 N–H and O–H groups in total. The number of rotatable bonds is 4. The van der Waals surface area contributed by atoms with Crippen LogP contribution < -0.4 is 15.8 Å². The van der Waals surface area contributed by atoms with Gasteiger partial charge in [0.05, 0.1) is 13.7 Å². The maximum Gasteiger partial charge on any atom is 0.189 e. The fourth-order valence-corrected chi connectivity index (χ4v) is 1.49. The first-order valence-corrected chi connectivity index (χ1v) is 5.73. The van der Waals surface area contributed by atoms with Gasteiger partial charge in [0.2, 0.25) is 0 Å². The van der Waals surface area contributed by atoms with E-state index in [0.29, 0.717) is 18.5 Å². The van der Waals surface area contributed by atoms with Crippen LogP contribution in [0.15, 0.2) is 23.2 Å². The summed E-state index contributed by atoms with van der Waals surface area (Å²) in [6, 6.07) is 6.34. The fourth-order valence-electron chi connectivity index (χ4n) is 1.49. The zero-order valence-electron chi connectivity index (χ0n) is 11.4. The lowest BCUT2D eigenvalue weighted by Gasteiger charge is -2.10. The molecule has 0 amide bonds. The first-order valence-electron chi connectivity index (χ1n) is 5.73. The second-order valence-corrected chi connectivity index (χ2v) is 4.32. The van der Waals surface area contributed by atoms with E-state index in [1.807, 2.05) is 39.0 Å². The van der Waals surface area contributed by atoms with Crippen LogP contribution in [0.1, 0.15) is 25.0 Å². The molecule has 0 heterocycles. The number of hydrogen-bond donors (Lipinski definition) is 2. The van der Waals surface area contributed by atoms with E-state index in [-0.39, 0.29) is 24.0 Å². The molecule has 1 aromatic carbocycles. The Hall–Kier alpha value is -0.980. The third-order valence-corrected chi connectivity index (χ3v) is 2.30. The number of hydrogen-bond acceptors (Lipinski definition) is 2. The number of halogens is 1. The Morgan fingerprint density at radius 2 is 2.11 bits per heavy atom. The summed E-state index contributed by atoms with van der Waals surface area (Å²) in [4.78, 5) is 4.28. The molecular formula is C13H22IN3O. The van der Waals surface area contributed by atoms with Gasteiger partial charge >= 0.3 is 0 Å². The average Bonchev–Trinajstić information content (AvgIpc) is 2.26. The highest BCUT2D eigenvalue weighted by molar-refractivity contribution is 14.0. The van der Waals surface area contributed by atoms with Crippen molar-refractivity contribution < 1.29 is 4.74 Å². The van der Waals surface area contributed by atoms with Crippen LogP contribution in [-0.2, 0) is 6.54 Å². The molecule has 5 heteroatoms. The number of benzene rings is 1. The Morgan fingerprint density at radius 3 is 2.67 bits per heavy atom. The first kappa shape index (κ1) is 17.0. The molecule has 0 aliphatic carbocycles. The number of guanidine groups is 1. The Balaban J connectivity index is 0.00000289. The van der Waals surface area contributed by atoms with Crippen molar-refractivity contribution in [2.45, 2.75) is 33.4 Å². The van der Waals surface area contributed by atoms with E-state index in [2.05, 4.69) is 10.3 Å². The number of aryl methyl sites for hydroxylation is 1. The number of ether oxygens (including phenoxy) is 1. The van der Waals surface area contributed by atoms with Crippen LogP contribution in [0.4, 0.5) is 0 Å². The number of aliphatic imine (C=N–C) groups is 1.